The Morgan fingerprint density at radius 3 is 1.97 bits per heavy atom. The molecule has 0 N–H and O–H groups in total. The van der Waals surface area contributed by atoms with Gasteiger partial charge >= 0.3 is 0 Å². The van der Waals surface area contributed by atoms with Gasteiger partial charge in [0, 0.05) is 5.41 Å². The third-order valence-electron chi connectivity index (χ3n) is 7.42. The second kappa shape index (κ2) is 16.8. The number of allylic oxidation sites excluding steroid dienone is 5. The van der Waals surface area contributed by atoms with E-state index in [2.05, 4.69) is 53.3 Å². The Morgan fingerprint density at radius 2 is 1.52 bits per heavy atom. The molecule has 3 aliphatic rings. The van der Waals surface area contributed by atoms with E-state index in [0.717, 1.165) is 5.92 Å². The average molecular weight is 433 g/mol. The highest BCUT2D eigenvalue weighted by Crippen LogP contribution is 2.63. The zero-order chi connectivity index (χ0) is 23.2. The number of hydrogen-bond acceptors (Lipinski definition) is 0. The van der Waals surface area contributed by atoms with Crippen LogP contribution in [-0.4, -0.2) is 0 Å². The monoisotopic (exact) mass is 432 g/mol. The van der Waals surface area contributed by atoms with Crippen molar-refractivity contribution in [2.24, 2.45) is 16.7 Å². The Balaban J connectivity index is 0. The molecule has 1 fully saturated rings. The third-order valence-corrected chi connectivity index (χ3v) is 7.42. The molecule has 3 rings (SSSR count). The molecule has 0 aromatic rings. The van der Waals surface area contributed by atoms with Crippen molar-refractivity contribution in [3.63, 3.8) is 0 Å². The molecule has 1 unspecified atom stereocenters. The van der Waals surface area contributed by atoms with Crippen molar-refractivity contribution in [3.05, 3.63) is 35.5 Å². The fourth-order valence-electron chi connectivity index (χ4n) is 5.83. The first-order valence-corrected chi connectivity index (χ1v) is 13.5. The lowest BCUT2D eigenvalue weighted by atomic mass is 9.66. The molecule has 31 heavy (non-hydrogen) atoms. The minimum Gasteiger partial charge on any atom is -0.0993 e. The van der Waals surface area contributed by atoms with E-state index in [1.54, 1.807) is 11.1 Å². The molecule has 0 radical (unpaired) electrons. The summed E-state index contributed by atoms with van der Waals surface area (Å²) in [6.07, 6.45) is 21.4. The lowest BCUT2D eigenvalue weighted by molar-refractivity contribution is 0.203. The van der Waals surface area contributed by atoms with Gasteiger partial charge in [0.05, 0.1) is 0 Å². The molecule has 0 aromatic heterocycles. The standard InChI is InChI=1S/C18H26.C8H18.2C2H6.CH4/c1-14(2)17(3)13-18(11-7-4-8-12-18)16-10-6-5-9-15(16)17;1-4-6-8(3)7-5-2;2*1-2;/h6,10H,1,4-5,7-9,11-13H2,2-3H3;8H,4-7H2,1-3H3;2*1-2H3;1H4. The Labute approximate surface area is 199 Å². The van der Waals surface area contributed by atoms with Crippen LogP contribution in [0.4, 0.5) is 0 Å². The predicted molar refractivity (Wildman–Crippen MR) is 147 cm³/mol. The molecule has 1 saturated carbocycles. The van der Waals surface area contributed by atoms with Gasteiger partial charge in [-0.3, -0.25) is 0 Å². The van der Waals surface area contributed by atoms with Crippen molar-refractivity contribution in [2.75, 3.05) is 0 Å². The highest BCUT2D eigenvalue weighted by atomic mass is 14.5. The summed E-state index contributed by atoms with van der Waals surface area (Å²) in [5.41, 5.74) is 5.64. The number of hydrogen-bond donors (Lipinski definition) is 0. The van der Waals surface area contributed by atoms with Crippen molar-refractivity contribution in [1.82, 2.24) is 0 Å². The topological polar surface area (TPSA) is 0 Å². The summed E-state index contributed by atoms with van der Waals surface area (Å²) in [6.45, 7) is 23.9. The van der Waals surface area contributed by atoms with Crippen LogP contribution in [0.25, 0.3) is 0 Å². The van der Waals surface area contributed by atoms with Crippen molar-refractivity contribution in [3.8, 4) is 0 Å². The fourth-order valence-corrected chi connectivity index (χ4v) is 5.83. The minimum absolute atomic E-state index is 0. The summed E-state index contributed by atoms with van der Waals surface area (Å²) in [6, 6.07) is 0. The summed E-state index contributed by atoms with van der Waals surface area (Å²) in [5, 5.41) is 0. The second-order valence-corrected chi connectivity index (χ2v) is 9.65. The summed E-state index contributed by atoms with van der Waals surface area (Å²) < 4.78 is 0. The highest BCUT2D eigenvalue weighted by Gasteiger charge is 2.50. The molecule has 184 valence electrons. The molecular weight excluding hydrogens is 372 g/mol. The molecule has 0 saturated heterocycles. The Bertz CT molecular complexity index is 520. The molecule has 0 bridgehead atoms. The van der Waals surface area contributed by atoms with E-state index < -0.39 is 0 Å². The molecular formula is C31H60. The van der Waals surface area contributed by atoms with E-state index >= 15 is 0 Å². The van der Waals surface area contributed by atoms with E-state index in [4.69, 9.17) is 0 Å². The van der Waals surface area contributed by atoms with E-state index in [1.165, 1.54) is 82.6 Å². The Kier molecular flexibility index (Phi) is 17.6. The van der Waals surface area contributed by atoms with Gasteiger partial charge in [0.15, 0.2) is 0 Å². The first-order chi connectivity index (χ1) is 14.4. The normalized spacial score (nSPS) is 22.8. The summed E-state index contributed by atoms with van der Waals surface area (Å²) in [4.78, 5) is 0. The van der Waals surface area contributed by atoms with Crippen LogP contribution < -0.4 is 0 Å². The molecule has 0 heterocycles. The van der Waals surface area contributed by atoms with Crippen LogP contribution in [0.15, 0.2) is 35.5 Å². The second-order valence-electron chi connectivity index (χ2n) is 9.65. The number of fused-ring (bicyclic) bond motifs is 1. The van der Waals surface area contributed by atoms with Crippen LogP contribution in [0.5, 0.6) is 0 Å². The smallest absolute Gasteiger partial charge is 0.0101 e. The maximum atomic E-state index is 4.32. The molecule has 0 aromatic carbocycles. The van der Waals surface area contributed by atoms with Gasteiger partial charge in [0.25, 0.3) is 0 Å². The van der Waals surface area contributed by atoms with E-state index in [-0.39, 0.29) is 12.8 Å². The number of rotatable bonds is 5. The van der Waals surface area contributed by atoms with Gasteiger partial charge in [-0.05, 0) is 55.9 Å². The van der Waals surface area contributed by atoms with Crippen molar-refractivity contribution in [1.29, 1.82) is 0 Å². The average Bonchev–Trinajstić information content (AvgIpc) is 3.02. The summed E-state index contributed by atoms with van der Waals surface area (Å²) >= 11 is 0. The lowest BCUT2D eigenvalue weighted by Crippen LogP contribution is -2.26. The molecule has 0 heteroatoms. The van der Waals surface area contributed by atoms with Gasteiger partial charge in [-0.2, -0.15) is 0 Å². The van der Waals surface area contributed by atoms with Gasteiger partial charge in [0.2, 0.25) is 0 Å². The van der Waals surface area contributed by atoms with Crippen molar-refractivity contribution in [2.45, 2.75) is 147 Å². The zero-order valence-corrected chi connectivity index (χ0v) is 22.4. The van der Waals surface area contributed by atoms with Gasteiger partial charge in [-0.25, -0.2) is 0 Å². The predicted octanol–water partition coefficient (Wildman–Crippen LogP) is 11.5. The van der Waals surface area contributed by atoms with Crippen molar-refractivity contribution >= 4 is 0 Å². The van der Waals surface area contributed by atoms with Crippen LogP contribution in [0, 0.1) is 16.7 Å². The summed E-state index contributed by atoms with van der Waals surface area (Å²) in [5.74, 6) is 0.963. The van der Waals surface area contributed by atoms with Crippen LogP contribution >= 0.6 is 0 Å². The Morgan fingerprint density at radius 1 is 1.00 bits per heavy atom. The molecule has 3 aliphatic carbocycles. The van der Waals surface area contributed by atoms with Crippen LogP contribution in [0.1, 0.15) is 147 Å². The lowest BCUT2D eigenvalue weighted by Gasteiger charge is -2.38. The first kappa shape index (κ1) is 32.4. The van der Waals surface area contributed by atoms with Gasteiger partial charge in [-0.15, -0.1) is 0 Å². The van der Waals surface area contributed by atoms with E-state index in [0.29, 0.717) is 5.41 Å². The largest absolute Gasteiger partial charge is 0.0993 e. The maximum Gasteiger partial charge on any atom is 0.0101 e. The molecule has 0 aliphatic heterocycles. The van der Waals surface area contributed by atoms with Crippen molar-refractivity contribution < 1.29 is 0 Å². The van der Waals surface area contributed by atoms with Gasteiger partial charge in [-0.1, -0.05) is 138 Å². The van der Waals surface area contributed by atoms with Crippen LogP contribution in [0.2, 0.25) is 0 Å². The van der Waals surface area contributed by atoms with Crippen LogP contribution in [-0.2, 0) is 0 Å². The van der Waals surface area contributed by atoms with E-state index in [9.17, 15) is 0 Å². The Hall–Kier alpha value is -0.780. The molecule has 0 amide bonds. The minimum atomic E-state index is 0. The van der Waals surface area contributed by atoms with Gasteiger partial charge in [0.1, 0.15) is 0 Å². The molecule has 1 atom stereocenters. The van der Waals surface area contributed by atoms with Crippen LogP contribution in [0.3, 0.4) is 0 Å². The first-order valence-electron chi connectivity index (χ1n) is 13.5. The molecule has 0 nitrogen and oxygen atoms in total. The maximum absolute atomic E-state index is 4.32. The zero-order valence-electron chi connectivity index (χ0n) is 22.4. The quantitative estimate of drug-likeness (QED) is 0.379. The van der Waals surface area contributed by atoms with Gasteiger partial charge < -0.3 is 0 Å². The summed E-state index contributed by atoms with van der Waals surface area (Å²) in [7, 11) is 0. The fraction of sp³-hybridized carbons (Fsp3) is 0.806. The highest BCUT2D eigenvalue weighted by molar-refractivity contribution is 5.48. The SMILES string of the molecule is C.C=C(C)C1(C)CC2(CCCCC2)C2=C1CCC=C2.CC.CC.CCCC(C)CCC. The molecule has 1 spiro atoms. The van der Waals surface area contributed by atoms with E-state index in [1.807, 2.05) is 27.7 Å². The third kappa shape index (κ3) is 8.58.